The fraction of sp³-hybridized carbons (Fsp3) is 0.286. The van der Waals surface area contributed by atoms with Gasteiger partial charge in [0.15, 0.2) is 5.82 Å². The van der Waals surface area contributed by atoms with Gasteiger partial charge in [0.25, 0.3) is 0 Å². The van der Waals surface area contributed by atoms with Gasteiger partial charge in [-0.1, -0.05) is 31.2 Å². The molecule has 5 heteroatoms. The van der Waals surface area contributed by atoms with Gasteiger partial charge in [-0.2, -0.15) is 5.10 Å². The van der Waals surface area contributed by atoms with E-state index >= 15 is 0 Å². The molecule has 0 unspecified atom stereocenters. The fourth-order valence-electron chi connectivity index (χ4n) is 1.77. The van der Waals surface area contributed by atoms with Crippen LogP contribution >= 0.6 is 0 Å². The van der Waals surface area contributed by atoms with Gasteiger partial charge in [-0.05, 0) is 17.5 Å². The molecular formula is C14H18N4O. The second-order valence-corrected chi connectivity index (χ2v) is 4.38. The van der Waals surface area contributed by atoms with Crippen molar-refractivity contribution in [3.8, 4) is 0 Å². The summed E-state index contributed by atoms with van der Waals surface area (Å²) in [7, 11) is 0. The number of amides is 1. The Morgan fingerprint density at radius 3 is 2.58 bits per heavy atom. The van der Waals surface area contributed by atoms with Gasteiger partial charge in [-0.3, -0.25) is 9.89 Å². The molecule has 1 amide bonds. The van der Waals surface area contributed by atoms with Crippen LogP contribution in [0.3, 0.4) is 0 Å². The van der Waals surface area contributed by atoms with E-state index in [1.54, 1.807) is 0 Å². The normalized spacial score (nSPS) is 10.4. The molecule has 0 fully saturated rings. The third-order valence-corrected chi connectivity index (χ3v) is 2.90. The topological polar surface area (TPSA) is 83.8 Å². The Hall–Kier alpha value is -2.14. The van der Waals surface area contributed by atoms with Gasteiger partial charge < -0.3 is 11.1 Å². The van der Waals surface area contributed by atoms with Crippen LogP contribution in [0.4, 0.5) is 5.82 Å². The first-order valence-electron chi connectivity index (χ1n) is 6.33. The summed E-state index contributed by atoms with van der Waals surface area (Å²) in [6.07, 6.45) is 1.20. The highest BCUT2D eigenvalue weighted by Gasteiger charge is 2.06. The van der Waals surface area contributed by atoms with Gasteiger partial charge in [0, 0.05) is 18.3 Å². The number of nitrogens with zero attached hydrogens (tertiary/aromatic N) is 1. The first-order chi connectivity index (χ1) is 9.21. The molecule has 100 valence electrons. The van der Waals surface area contributed by atoms with E-state index < -0.39 is 0 Å². The number of benzene rings is 1. The zero-order valence-corrected chi connectivity index (χ0v) is 10.9. The molecule has 0 atom stereocenters. The Balaban J connectivity index is 1.93. The van der Waals surface area contributed by atoms with Crippen molar-refractivity contribution in [2.75, 3.05) is 5.32 Å². The molecule has 1 heterocycles. The minimum Gasteiger partial charge on any atom is -0.326 e. The molecule has 0 radical (unpaired) electrons. The van der Waals surface area contributed by atoms with Crippen molar-refractivity contribution in [1.29, 1.82) is 0 Å². The van der Waals surface area contributed by atoms with E-state index in [2.05, 4.69) is 15.5 Å². The Morgan fingerprint density at radius 2 is 2.00 bits per heavy atom. The van der Waals surface area contributed by atoms with Gasteiger partial charge >= 0.3 is 0 Å². The van der Waals surface area contributed by atoms with Crippen molar-refractivity contribution >= 4 is 11.7 Å². The number of aryl methyl sites for hydroxylation is 1. The smallest absolute Gasteiger partial charge is 0.229 e. The summed E-state index contributed by atoms with van der Waals surface area (Å²) < 4.78 is 0. The highest BCUT2D eigenvalue weighted by Crippen LogP contribution is 2.08. The van der Waals surface area contributed by atoms with Crippen LogP contribution in [0, 0.1) is 0 Å². The Labute approximate surface area is 112 Å². The van der Waals surface area contributed by atoms with Gasteiger partial charge in [0.2, 0.25) is 5.91 Å². The molecule has 0 aliphatic heterocycles. The third kappa shape index (κ3) is 3.66. The summed E-state index contributed by atoms with van der Waals surface area (Å²) in [5.74, 6) is 0.495. The first kappa shape index (κ1) is 13.3. The molecule has 2 rings (SSSR count). The molecule has 4 N–H and O–H groups in total. The summed E-state index contributed by atoms with van der Waals surface area (Å²) in [6, 6.07) is 9.56. The summed E-state index contributed by atoms with van der Waals surface area (Å²) in [5, 5.41) is 9.65. The highest BCUT2D eigenvalue weighted by molar-refractivity contribution is 5.91. The molecule has 0 saturated carbocycles. The molecule has 0 bridgehead atoms. The third-order valence-electron chi connectivity index (χ3n) is 2.90. The van der Waals surface area contributed by atoms with Crippen molar-refractivity contribution < 1.29 is 4.79 Å². The molecule has 19 heavy (non-hydrogen) atoms. The van der Waals surface area contributed by atoms with Crippen molar-refractivity contribution in [2.45, 2.75) is 26.3 Å². The van der Waals surface area contributed by atoms with Crippen LogP contribution < -0.4 is 11.1 Å². The van der Waals surface area contributed by atoms with Gasteiger partial charge in [0.05, 0.1) is 6.42 Å². The van der Waals surface area contributed by atoms with Crippen molar-refractivity contribution in [1.82, 2.24) is 10.2 Å². The predicted octanol–water partition coefficient (Wildman–Crippen LogP) is 1.61. The number of aromatic nitrogens is 2. The first-order valence-corrected chi connectivity index (χ1v) is 6.33. The van der Waals surface area contributed by atoms with Crippen LogP contribution in [0.2, 0.25) is 0 Å². The lowest BCUT2D eigenvalue weighted by molar-refractivity contribution is -0.115. The van der Waals surface area contributed by atoms with Crippen molar-refractivity contribution in [2.24, 2.45) is 5.73 Å². The average Bonchev–Trinajstić information content (AvgIpc) is 2.87. The van der Waals surface area contributed by atoms with Gasteiger partial charge in [-0.15, -0.1) is 0 Å². The Kier molecular flexibility index (Phi) is 4.30. The van der Waals surface area contributed by atoms with E-state index in [1.165, 1.54) is 0 Å². The summed E-state index contributed by atoms with van der Waals surface area (Å²) in [4.78, 5) is 11.8. The maximum absolute atomic E-state index is 11.8. The number of hydrogen-bond acceptors (Lipinski definition) is 3. The number of H-pyrrole nitrogens is 1. The number of carbonyl (C=O) groups excluding carboxylic acids is 1. The number of carbonyl (C=O) groups is 1. The quantitative estimate of drug-likeness (QED) is 0.761. The van der Waals surface area contributed by atoms with Crippen molar-refractivity contribution in [3.05, 3.63) is 47.2 Å². The number of aromatic amines is 1. The lowest BCUT2D eigenvalue weighted by Crippen LogP contribution is -2.14. The number of anilines is 1. The van der Waals surface area contributed by atoms with E-state index in [-0.39, 0.29) is 5.91 Å². The maximum atomic E-state index is 11.8. The zero-order valence-electron chi connectivity index (χ0n) is 10.9. The van der Waals surface area contributed by atoms with Gasteiger partial charge in [0.1, 0.15) is 0 Å². The minimum atomic E-state index is -0.0744. The largest absolute Gasteiger partial charge is 0.326 e. The van der Waals surface area contributed by atoms with Crippen molar-refractivity contribution in [3.63, 3.8) is 0 Å². The zero-order chi connectivity index (χ0) is 13.7. The van der Waals surface area contributed by atoms with Crippen LogP contribution in [-0.4, -0.2) is 16.1 Å². The predicted molar refractivity (Wildman–Crippen MR) is 74.6 cm³/mol. The lowest BCUT2D eigenvalue weighted by Gasteiger charge is -2.03. The summed E-state index contributed by atoms with van der Waals surface area (Å²) >= 11 is 0. The average molecular weight is 258 g/mol. The fourth-order valence-corrected chi connectivity index (χ4v) is 1.77. The number of rotatable bonds is 5. The molecule has 0 aliphatic carbocycles. The highest BCUT2D eigenvalue weighted by atomic mass is 16.1. The second kappa shape index (κ2) is 6.15. The second-order valence-electron chi connectivity index (χ2n) is 4.38. The van der Waals surface area contributed by atoms with E-state index in [4.69, 9.17) is 5.73 Å². The molecule has 0 saturated heterocycles. The Morgan fingerprint density at radius 1 is 1.32 bits per heavy atom. The van der Waals surface area contributed by atoms with Crippen LogP contribution in [0.1, 0.15) is 23.7 Å². The van der Waals surface area contributed by atoms with E-state index in [1.807, 2.05) is 37.3 Å². The molecule has 5 nitrogen and oxygen atoms in total. The monoisotopic (exact) mass is 258 g/mol. The lowest BCUT2D eigenvalue weighted by atomic mass is 10.1. The van der Waals surface area contributed by atoms with E-state index in [9.17, 15) is 4.79 Å². The van der Waals surface area contributed by atoms with Gasteiger partial charge in [-0.25, -0.2) is 0 Å². The molecular weight excluding hydrogens is 240 g/mol. The number of hydrogen-bond donors (Lipinski definition) is 3. The van der Waals surface area contributed by atoms with Crippen LogP contribution in [-0.2, 0) is 24.2 Å². The van der Waals surface area contributed by atoms with Crippen LogP contribution in [0.15, 0.2) is 30.3 Å². The standard InChI is InChI=1S/C14H18N4O/c1-2-12-8-13(18-17-12)16-14(19)7-10-3-5-11(9-15)6-4-10/h3-6,8H,2,7,9,15H2,1H3,(H2,16,17,18,19). The Bertz CT molecular complexity index is 545. The number of nitrogens with one attached hydrogen (secondary N) is 2. The molecule has 0 aliphatic rings. The molecule has 0 spiro atoms. The summed E-state index contributed by atoms with van der Waals surface area (Å²) in [6.45, 7) is 2.54. The molecule has 2 aromatic rings. The summed E-state index contributed by atoms with van der Waals surface area (Å²) in [5.41, 5.74) is 8.55. The van der Waals surface area contributed by atoms with E-state index in [0.717, 1.165) is 23.2 Å². The van der Waals surface area contributed by atoms with Crippen LogP contribution in [0.25, 0.3) is 0 Å². The molecule has 1 aromatic carbocycles. The number of nitrogens with two attached hydrogens (primary N) is 1. The van der Waals surface area contributed by atoms with E-state index in [0.29, 0.717) is 18.8 Å². The maximum Gasteiger partial charge on any atom is 0.229 e. The SMILES string of the molecule is CCc1cc(NC(=O)Cc2ccc(CN)cc2)n[nH]1. The van der Waals surface area contributed by atoms with Crippen LogP contribution in [0.5, 0.6) is 0 Å². The molecule has 1 aromatic heterocycles. The minimum absolute atomic E-state index is 0.0744.